The maximum absolute atomic E-state index is 11.6. The highest BCUT2D eigenvalue weighted by Crippen LogP contribution is 2.54. The molecule has 0 aliphatic rings. The Kier molecular flexibility index (Phi) is 6.35. The van der Waals surface area contributed by atoms with Gasteiger partial charge in [-0.25, -0.2) is 0 Å². The van der Waals surface area contributed by atoms with Gasteiger partial charge in [-0.3, -0.25) is 0 Å². The van der Waals surface area contributed by atoms with Crippen molar-refractivity contribution in [3.63, 3.8) is 0 Å². The minimum Gasteiger partial charge on any atom is -0.506 e. The number of rotatable bonds is 7. The number of methoxy groups -OCH3 is 2. The molecule has 0 atom stereocenters. The highest BCUT2D eigenvalue weighted by atomic mass is 32.2. The molecule has 0 bridgehead atoms. The average molecular weight is 541 g/mol. The lowest BCUT2D eigenvalue weighted by Gasteiger charge is -2.19. The topological polar surface area (TPSA) is 90.5 Å². The third kappa shape index (κ3) is 4.12. The Morgan fingerprint density at radius 3 is 1.39 bits per heavy atom. The molecule has 0 fully saturated rings. The van der Waals surface area contributed by atoms with E-state index >= 15 is 0 Å². The highest BCUT2D eigenvalue weighted by molar-refractivity contribution is 8.00. The average Bonchev–Trinajstić information content (AvgIpc) is 3.55. The van der Waals surface area contributed by atoms with E-state index in [4.69, 9.17) is 9.47 Å². The molecular weight excluding hydrogens is 516 g/mol. The summed E-state index contributed by atoms with van der Waals surface area (Å²) in [6.45, 7) is 0. The van der Waals surface area contributed by atoms with Gasteiger partial charge in [0.2, 0.25) is 0 Å². The largest absolute Gasteiger partial charge is 0.506 e. The van der Waals surface area contributed by atoms with E-state index in [0.717, 1.165) is 31.6 Å². The number of benzene rings is 4. The summed E-state index contributed by atoms with van der Waals surface area (Å²) in [4.78, 5) is 9.76. The summed E-state index contributed by atoms with van der Waals surface area (Å²) in [5.41, 5.74) is 2.77. The number of aromatic amines is 2. The minimum absolute atomic E-state index is 0.00229. The molecule has 4 N–H and O–H groups in total. The van der Waals surface area contributed by atoms with E-state index in [-0.39, 0.29) is 11.5 Å². The van der Waals surface area contributed by atoms with Crippen LogP contribution in [0.4, 0.5) is 0 Å². The van der Waals surface area contributed by atoms with Crippen molar-refractivity contribution in [1.82, 2.24) is 9.97 Å². The summed E-state index contributed by atoms with van der Waals surface area (Å²) in [6, 6.07) is 23.3. The Labute approximate surface area is 227 Å². The molecule has 8 heteroatoms. The van der Waals surface area contributed by atoms with Crippen molar-refractivity contribution in [2.45, 2.75) is 19.6 Å². The Morgan fingerprint density at radius 2 is 0.974 bits per heavy atom. The van der Waals surface area contributed by atoms with Crippen molar-refractivity contribution >= 4 is 45.3 Å². The summed E-state index contributed by atoms with van der Waals surface area (Å²) in [6.07, 6.45) is 3.85. The van der Waals surface area contributed by atoms with E-state index in [1.54, 1.807) is 26.4 Å². The number of para-hydroxylation sites is 2. The molecule has 190 valence electrons. The van der Waals surface area contributed by atoms with Crippen LogP contribution in [0.25, 0.3) is 32.9 Å². The zero-order chi connectivity index (χ0) is 26.2. The van der Waals surface area contributed by atoms with Crippen molar-refractivity contribution in [1.29, 1.82) is 0 Å². The van der Waals surface area contributed by atoms with Gasteiger partial charge in [0, 0.05) is 44.0 Å². The molecule has 38 heavy (non-hydrogen) atoms. The van der Waals surface area contributed by atoms with Crippen LogP contribution >= 0.6 is 23.5 Å². The second-order valence-electron chi connectivity index (χ2n) is 8.58. The third-order valence-electron chi connectivity index (χ3n) is 6.44. The lowest BCUT2D eigenvalue weighted by Crippen LogP contribution is -1.95. The molecule has 6 aromatic rings. The van der Waals surface area contributed by atoms with Gasteiger partial charge in [-0.05, 0) is 36.4 Å². The van der Waals surface area contributed by atoms with Crippen LogP contribution in [-0.2, 0) is 0 Å². The molecule has 2 heterocycles. The monoisotopic (exact) mass is 540 g/mol. The molecular formula is C30H24N2O4S2. The molecule has 2 aromatic heterocycles. The normalized spacial score (nSPS) is 11.3. The van der Waals surface area contributed by atoms with Crippen molar-refractivity contribution in [2.75, 3.05) is 14.2 Å². The predicted molar refractivity (Wildman–Crippen MR) is 153 cm³/mol. The van der Waals surface area contributed by atoms with Gasteiger partial charge in [-0.2, -0.15) is 0 Å². The lowest BCUT2D eigenvalue weighted by atomic mass is 10.0. The van der Waals surface area contributed by atoms with Crippen LogP contribution in [-0.4, -0.2) is 34.4 Å². The molecule has 4 aromatic carbocycles. The van der Waals surface area contributed by atoms with Crippen molar-refractivity contribution in [3.05, 3.63) is 85.2 Å². The summed E-state index contributed by atoms with van der Waals surface area (Å²) in [7, 11) is 3.08. The highest BCUT2D eigenvalue weighted by Gasteiger charge is 2.25. The van der Waals surface area contributed by atoms with E-state index in [9.17, 15) is 10.2 Å². The number of fused-ring (bicyclic) bond motifs is 2. The quantitative estimate of drug-likeness (QED) is 0.164. The number of H-pyrrole nitrogens is 2. The molecule has 0 unspecified atom stereocenters. The third-order valence-corrected chi connectivity index (χ3v) is 8.65. The zero-order valence-electron chi connectivity index (χ0n) is 20.6. The fourth-order valence-electron chi connectivity index (χ4n) is 4.59. The van der Waals surface area contributed by atoms with Crippen LogP contribution < -0.4 is 9.47 Å². The number of nitrogens with one attached hydrogen (secondary N) is 2. The number of aromatic hydroxyl groups is 2. The number of aromatic nitrogens is 2. The zero-order valence-corrected chi connectivity index (χ0v) is 22.2. The molecule has 0 saturated carbocycles. The molecule has 0 aliphatic heterocycles. The maximum Gasteiger partial charge on any atom is 0.141 e. The molecule has 0 radical (unpaired) electrons. The van der Waals surface area contributed by atoms with E-state index < -0.39 is 0 Å². The van der Waals surface area contributed by atoms with E-state index in [1.807, 2.05) is 73.1 Å². The first-order chi connectivity index (χ1) is 18.6. The first-order valence-electron chi connectivity index (χ1n) is 11.9. The summed E-state index contributed by atoms with van der Waals surface area (Å²) >= 11 is 2.88. The molecule has 0 aliphatic carbocycles. The fourth-order valence-corrected chi connectivity index (χ4v) is 6.55. The predicted octanol–water partition coefficient (Wildman–Crippen LogP) is 8.05. The van der Waals surface area contributed by atoms with Gasteiger partial charge in [0.15, 0.2) is 0 Å². The Morgan fingerprint density at radius 1 is 0.553 bits per heavy atom. The van der Waals surface area contributed by atoms with Crippen LogP contribution in [0.1, 0.15) is 0 Å². The first kappa shape index (κ1) is 24.2. The first-order valence-corrected chi connectivity index (χ1v) is 13.5. The Bertz CT molecular complexity index is 1660. The number of hydrogen-bond donors (Lipinski definition) is 4. The van der Waals surface area contributed by atoms with Crippen LogP contribution in [0.3, 0.4) is 0 Å². The molecule has 0 saturated heterocycles. The van der Waals surface area contributed by atoms with E-state index in [2.05, 4.69) is 9.97 Å². The van der Waals surface area contributed by atoms with Gasteiger partial charge in [-0.15, -0.1) is 0 Å². The smallest absolute Gasteiger partial charge is 0.141 e. The van der Waals surface area contributed by atoms with Crippen LogP contribution in [0.2, 0.25) is 0 Å². The summed E-state index contributed by atoms with van der Waals surface area (Å²) in [5.74, 6) is 0.854. The maximum atomic E-state index is 11.6. The van der Waals surface area contributed by atoms with Crippen LogP contribution in [0, 0.1) is 0 Å². The second-order valence-corrected chi connectivity index (χ2v) is 10.7. The number of ether oxygens (including phenoxy) is 2. The second kappa shape index (κ2) is 9.96. The number of hydrogen-bond acceptors (Lipinski definition) is 6. The van der Waals surface area contributed by atoms with Gasteiger partial charge < -0.3 is 29.7 Å². The van der Waals surface area contributed by atoms with Gasteiger partial charge in [0.05, 0.1) is 35.1 Å². The number of phenolic OH excluding ortho intramolecular Hbond substituents is 2. The number of phenols is 2. The summed E-state index contributed by atoms with van der Waals surface area (Å²) < 4.78 is 11.3. The molecule has 0 amide bonds. The van der Waals surface area contributed by atoms with Gasteiger partial charge in [0.1, 0.15) is 23.0 Å². The van der Waals surface area contributed by atoms with Crippen molar-refractivity contribution in [2.24, 2.45) is 0 Å². The lowest BCUT2D eigenvalue weighted by molar-refractivity contribution is 0.397. The van der Waals surface area contributed by atoms with Crippen molar-refractivity contribution < 1.29 is 19.7 Å². The van der Waals surface area contributed by atoms with Crippen LogP contribution in [0.15, 0.2) is 105 Å². The van der Waals surface area contributed by atoms with E-state index in [1.165, 1.54) is 23.5 Å². The van der Waals surface area contributed by atoms with Gasteiger partial charge >= 0.3 is 0 Å². The molecule has 6 rings (SSSR count). The molecule has 6 nitrogen and oxygen atoms in total. The van der Waals surface area contributed by atoms with Crippen molar-refractivity contribution in [3.8, 4) is 34.1 Å². The van der Waals surface area contributed by atoms with Gasteiger partial charge in [0.25, 0.3) is 0 Å². The fraction of sp³-hybridized carbons (Fsp3) is 0.0667. The summed E-state index contributed by atoms with van der Waals surface area (Å²) in [5, 5.41) is 25.3. The Balaban J connectivity index is 1.47. The SMILES string of the molecule is COc1ccc(Sc2c[nH]c3ccccc23)c(O)c1-c1c(OC)ccc(Sc2c[nH]c3ccccc23)c1O. The standard InChI is InChI=1S/C30H24N2O4S2/c1-35-21-11-13-23(37-25-15-31-19-9-5-3-7-17(19)25)29(33)27(21)28-22(36-2)12-14-24(30(28)34)38-26-16-32-20-10-6-4-8-18(20)26/h3-16,31-34H,1-2H3. The van der Waals surface area contributed by atoms with Gasteiger partial charge in [-0.1, -0.05) is 59.9 Å². The Hall–Kier alpha value is -4.14. The van der Waals surface area contributed by atoms with E-state index in [0.29, 0.717) is 32.4 Å². The minimum atomic E-state index is 0.00229. The molecule has 0 spiro atoms. The van der Waals surface area contributed by atoms with Crippen LogP contribution in [0.5, 0.6) is 23.0 Å².